The SMILES string of the molecule is Cc1c(Cl)cccc1-n1nc(C(=O)Nc2ccc(Br)cc2)nc1-c1ccc(Cl)cc1. The second-order valence-corrected chi connectivity index (χ2v) is 8.28. The Hall–Kier alpha value is -2.67. The lowest BCUT2D eigenvalue weighted by molar-refractivity contribution is 0.101. The molecule has 0 unspecified atom stereocenters. The van der Waals surface area contributed by atoms with Crippen LogP contribution in [0.15, 0.2) is 71.2 Å². The van der Waals surface area contributed by atoms with Crippen molar-refractivity contribution in [2.24, 2.45) is 0 Å². The summed E-state index contributed by atoms with van der Waals surface area (Å²) in [5.74, 6) is 0.145. The topological polar surface area (TPSA) is 59.8 Å². The van der Waals surface area contributed by atoms with E-state index in [2.05, 4.69) is 31.3 Å². The molecule has 5 nitrogen and oxygen atoms in total. The smallest absolute Gasteiger partial charge is 0.295 e. The van der Waals surface area contributed by atoms with E-state index in [0.717, 1.165) is 21.3 Å². The molecular weight excluding hydrogens is 487 g/mol. The molecule has 1 amide bonds. The third kappa shape index (κ3) is 4.26. The maximum Gasteiger partial charge on any atom is 0.295 e. The van der Waals surface area contributed by atoms with Crippen molar-refractivity contribution in [3.8, 4) is 17.1 Å². The average molecular weight is 502 g/mol. The summed E-state index contributed by atoms with van der Waals surface area (Å²) >= 11 is 15.7. The van der Waals surface area contributed by atoms with Gasteiger partial charge in [-0.15, -0.1) is 5.10 Å². The molecule has 0 aliphatic rings. The lowest BCUT2D eigenvalue weighted by Crippen LogP contribution is -2.14. The summed E-state index contributed by atoms with van der Waals surface area (Å²) in [4.78, 5) is 17.3. The molecule has 0 saturated carbocycles. The molecule has 4 aromatic rings. The highest BCUT2D eigenvalue weighted by Gasteiger charge is 2.20. The summed E-state index contributed by atoms with van der Waals surface area (Å²) in [5.41, 5.74) is 2.99. The van der Waals surface area contributed by atoms with Gasteiger partial charge in [0.15, 0.2) is 5.82 Å². The van der Waals surface area contributed by atoms with Crippen molar-refractivity contribution in [2.45, 2.75) is 6.92 Å². The van der Waals surface area contributed by atoms with Gasteiger partial charge in [-0.3, -0.25) is 4.79 Å². The second kappa shape index (κ2) is 8.60. The van der Waals surface area contributed by atoms with Crippen LogP contribution in [0, 0.1) is 6.92 Å². The number of rotatable bonds is 4. The largest absolute Gasteiger partial charge is 0.319 e. The Morgan fingerprint density at radius 3 is 2.40 bits per heavy atom. The zero-order chi connectivity index (χ0) is 21.3. The number of aromatic nitrogens is 3. The van der Waals surface area contributed by atoms with E-state index in [1.54, 1.807) is 35.0 Å². The molecule has 0 atom stereocenters. The van der Waals surface area contributed by atoms with Crippen molar-refractivity contribution in [2.75, 3.05) is 5.32 Å². The molecule has 1 N–H and O–H groups in total. The molecule has 150 valence electrons. The summed E-state index contributed by atoms with van der Waals surface area (Å²) in [6, 6.07) is 20.0. The Morgan fingerprint density at radius 2 is 1.70 bits per heavy atom. The van der Waals surface area contributed by atoms with E-state index >= 15 is 0 Å². The summed E-state index contributed by atoms with van der Waals surface area (Å²) in [6.45, 7) is 1.90. The summed E-state index contributed by atoms with van der Waals surface area (Å²) in [6.07, 6.45) is 0. The molecule has 1 heterocycles. The number of benzene rings is 3. The number of hydrogen-bond donors (Lipinski definition) is 1. The maximum atomic E-state index is 12.8. The van der Waals surface area contributed by atoms with Crippen LogP contribution in [0.1, 0.15) is 16.2 Å². The molecule has 0 aliphatic heterocycles. The highest BCUT2D eigenvalue weighted by molar-refractivity contribution is 9.10. The highest BCUT2D eigenvalue weighted by atomic mass is 79.9. The van der Waals surface area contributed by atoms with E-state index in [1.165, 1.54) is 0 Å². The molecule has 0 bridgehead atoms. The van der Waals surface area contributed by atoms with Gasteiger partial charge in [0.05, 0.1) is 5.69 Å². The van der Waals surface area contributed by atoms with E-state index in [-0.39, 0.29) is 5.82 Å². The minimum absolute atomic E-state index is 0.0437. The number of amides is 1. The molecule has 0 spiro atoms. The van der Waals surface area contributed by atoms with Crippen LogP contribution in [-0.4, -0.2) is 20.7 Å². The average Bonchev–Trinajstić information content (AvgIpc) is 3.17. The number of hydrogen-bond acceptors (Lipinski definition) is 3. The van der Waals surface area contributed by atoms with Crippen LogP contribution in [0.2, 0.25) is 10.0 Å². The zero-order valence-corrected chi connectivity index (χ0v) is 18.8. The van der Waals surface area contributed by atoms with Gasteiger partial charge in [0.2, 0.25) is 5.82 Å². The Labute approximate surface area is 191 Å². The van der Waals surface area contributed by atoms with Crippen LogP contribution in [-0.2, 0) is 0 Å². The standard InChI is InChI=1S/C22H15BrCl2N4O/c1-13-18(25)3-2-4-19(13)29-21(14-5-9-16(24)10-6-14)27-20(28-29)22(30)26-17-11-7-15(23)8-12-17/h2-12H,1H3,(H,26,30). The van der Waals surface area contributed by atoms with Crippen molar-refractivity contribution < 1.29 is 4.79 Å². The molecule has 4 rings (SSSR count). The lowest BCUT2D eigenvalue weighted by Gasteiger charge is -2.10. The maximum absolute atomic E-state index is 12.8. The summed E-state index contributed by atoms with van der Waals surface area (Å²) in [5, 5.41) is 8.52. The molecule has 1 aromatic heterocycles. The Balaban J connectivity index is 1.79. The van der Waals surface area contributed by atoms with Crippen LogP contribution in [0.3, 0.4) is 0 Å². The van der Waals surface area contributed by atoms with Gasteiger partial charge < -0.3 is 5.32 Å². The number of halogens is 3. The molecule has 0 aliphatic carbocycles. The van der Waals surface area contributed by atoms with E-state index in [1.807, 2.05) is 43.3 Å². The molecule has 3 aromatic carbocycles. The van der Waals surface area contributed by atoms with E-state index in [0.29, 0.717) is 21.6 Å². The number of carbonyl (C=O) groups excluding carboxylic acids is 1. The fourth-order valence-corrected chi connectivity index (χ4v) is 3.47. The van der Waals surface area contributed by atoms with Crippen molar-refractivity contribution in [1.29, 1.82) is 0 Å². The van der Waals surface area contributed by atoms with Crippen LogP contribution in [0.25, 0.3) is 17.1 Å². The monoisotopic (exact) mass is 500 g/mol. The van der Waals surface area contributed by atoms with Gasteiger partial charge in [-0.1, -0.05) is 45.2 Å². The van der Waals surface area contributed by atoms with Gasteiger partial charge in [-0.2, -0.15) is 0 Å². The predicted octanol–water partition coefficient (Wildman–Crippen LogP) is 6.56. The highest BCUT2D eigenvalue weighted by Crippen LogP contribution is 2.27. The van der Waals surface area contributed by atoms with Gasteiger partial charge >= 0.3 is 0 Å². The quantitative estimate of drug-likeness (QED) is 0.344. The first-order valence-electron chi connectivity index (χ1n) is 8.98. The number of carbonyl (C=O) groups is 1. The van der Waals surface area contributed by atoms with E-state index in [4.69, 9.17) is 23.2 Å². The van der Waals surface area contributed by atoms with Crippen LogP contribution in [0.5, 0.6) is 0 Å². The van der Waals surface area contributed by atoms with Gasteiger partial charge in [0.1, 0.15) is 0 Å². The minimum atomic E-state index is -0.411. The third-order valence-corrected chi connectivity index (χ3v) is 5.67. The molecular formula is C22H15BrCl2N4O. The van der Waals surface area contributed by atoms with Gasteiger partial charge in [-0.25, -0.2) is 9.67 Å². The fourth-order valence-electron chi connectivity index (χ4n) is 2.91. The first-order valence-corrected chi connectivity index (χ1v) is 10.5. The Kier molecular flexibility index (Phi) is 5.90. The van der Waals surface area contributed by atoms with Crippen molar-refractivity contribution in [3.63, 3.8) is 0 Å². The van der Waals surface area contributed by atoms with Crippen LogP contribution < -0.4 is 5.32 Å². The third-order valence-electron chi connectivity index (χ3n) is 4.48. The van der Waals surface area contributed by atoms with Gasteiger partial charge in [0, 0.05) is 25.8 Å². The molecule has 30 heavy (non-hydrogen) atoms. The second-order valence-electron chi connectivity index (χ2n) is 6.52. The van der Waals surface area contributed by atoms with Crippen LogP contribution in [0.4, 0.5) is 5.69 Å². The minimum Gasteiger partial charge on any atom is -0.319 e. The lowest BCUT2D eigenvalue weighted by atomic mass is 10.1. The number of nitrogens with zero attached hydrogens (tertiary/aromatic N) is 3. The van der Waals surface area contributed by atoms with Gasteiger partial charge in [-0.05, 0) is 73.2 Å². The Morgan fingerprint density at radius 1 is 1.00 bits per heavy atom. The number of nitrogens with one attached hydrogen (secondary N) is 1. The first-order chi connectivity index (χ1) is 14.4. The Bertz CT molecular complexity index is 1220. The summed E-state index contributed by atoms with van der Waals surface area (Å²) in [7, 11) is 0. The first kappa shape index (κ1) is 20.6. The predicted molar refractivity (Wildman–Crippen MR) is 124 cm³/mol. The van der Waals surface area contributed by atoms with Crippen molar-refractivity contribution in [1.82, 2.24) is 14.8 Å². The summed E-state index contributed by atoms with van der Waals surface area (Å²) < 4.78 is 2.55. The fraction of sp³-hybridized carbons (Fsp3) is 0.0455. The number of anilines is 1. The molecule has 0 radical (unpaired) electrons. The molecule has 8 heteroatoms. The van der Waals surface area contributed by atoms with E-state index < -0.39 is 5.91 Å². The van der Waals surface area contributed by atoms with Crippen LogP contribution >= 0.6 is 39.1 Å². The van der Waals surface area contributed by atoms with Gasteiger partial charge in [0.25, 0.3) is 5.91 Å². The van der Waals surface area contributed by atoms with E-state index in [9.17, 15) is 4.79 Å². The molecule has 0 fully saturated rings. The normalized spacial score (nSPS) is 10.8. The molecule has 0 saturated heterocycles. The van der Waals surface area contributed by atoms with Crippen molar-refractivity contribution >= 4 is 50.7 Å². The van der Waals surface area contributed by atoms with Crippen molar-refractivity contribution in [3.05, 3.63) is 92.6 Å². The zero-order valence-electron chi connectivity index (χ0n) is 15.7.